The Morgan fingerprint density at radius 2 is 2.00 bits per heavy atom. The number of hydrogen-bond donors (Lipinski definition) is 2. The zero-order chi connectivity index (χ0) is 19.0. The topological polar surface area (TPSA) is 79.8 Å². The first-order valence-corrected chi connectivity index (χ1v) is 11.1. The van der Waals surface area contributed by atoms with E-state index in [9.17, 15) is 8.42 Å². The number of methoxy groups -OCH3 is 1. The fourth-order valence-corrected chi connectivity index (χ4v) is 4.93. The molecule has 2 N–H and O–H groups in total. The second kappa shape index (κ2) is 11.7. The van der Waals surface area contributed by atoms with Crippen LogP contribution >= 0.6 is 24.0 Å². The minimum atomic E-state index is -2.84. The molecule has 1 aromatic rings. The lowest BCUT2D eigenvalue weighted by atomic mass is 9.98. The second-order valence-electron chi connectivity index (χ2n) is 6.88. The number of aliphatic imine (C=N–C) groups is 1. The molecular formula is C19H32IN3O3S. The standard InChI is InChI=1S/C19H31N3O3S.HI/c1-4-20-19(22-13-16-10-12-26(23,24)14-16)21-11-9-15(2)17-5-7-18(25-3)8-6-17;/h5-8,15-16H,4,9-14H2,1-3H3,(H2,20,21,22);1H. The Kier molecular flexibility index (Phi) is 10.4. The van der Waals surface area contributed by atoms with E-state index in [1.54, 1.807) is 7.11 Å². The van der Waals surface area contributed by atoms with Crippen molar-refractivity contribution in [2.75, 3.05) is 38.2 Å². The largest absolute Gasteiger partial charge is 0.497 e. The van der Waals surface area contributed by atoms with E-state index in [1.165, 1.54) is 5.56 Å². The van der Waals surface area contributed by atoms with Crippen molar-refractivity contribution in [2.24, 2.45) is 10.9 Å². The third-order valence-electron chi connectivity index (χ3n) is 4.73. The third kappa shape index (κ3) is 8.25. The van der Waals surface area contributed by atoms with Gasteiger partial charge in [0.2, 0.25) is 0 Å². The van der Waals surface area contributed by atoms with E-state index in [0.29, 0.717) is 18.2 Å². The summed E-state index contributed by atoms with van der Waals surface area (Å²) in [5, 5.41) is 6.58. The lowest BCUT2D eigenvalue weighted by Gasteiger charge is -2.16. The number of nitrogens with zero attached hydrogens (tertiary/aromatic N) is 1. The van der Waals surface area contributed by atoms with Crippen molar-refractivity contribution >= 4 is 39.8 Å². The zero-order valence-electron chi connectivity index (χ0n) is 16.4. The van der Waals surface area contributed by atoms with Gasteiger partial charge in [0.1, 0.15) is 5.75 Å². The van der Waals surface area contributed by atoms with Gasteiger partial charge in [-0.05, 0) is 49.3 Å². The summed E-state index contributed by atoms with van der Waals surface area (Å²) in [6.07, 6.45) is 1.70. The molecule has 27 heavy (non-hydrogen) atoms. The number of nitrogens with one attached hydrogen (secondary N) is 2. The quantitative estimate of drug-likeness (QED) is 0.320. The number of benzene rings is 1. The highest BCUT2D eigenvalue weighted by Crippen LogP contribution is 2.21. The van der Waals surface area contributed by atoms with Crippen LogP contribution < -0.4 is 15.4 Å². The summed E-state index contributed by atoms with van der Waals surface area (Å²) in [7, 11) is -1.17. The molecule has 0 aromatic heterocycles. The van der Waals surface area contributed by atoms with E-state index in [0.717, 1.165) is 37.6 Å². The Hall–Kier alpha value is -1.03. The fraction of sp³-hybridized carbons (Fsp3) is 0.632. The lowest BCUT2D eigenvalue weighted by Crippen LogP contribution is -2.38. The third-order valence-corrected chi connectivity index (χ3v) is 6.57. The molecule has 1 heterocycles. The first kappa shape index (κ1) is 24.0. The summed E-state index contributed by atoms with van der Waals surface area (Å²) in [5.74, 6) is 2.78. The highest BCUT2D eigenvalue weighted by Gasteiger charge is 2.27. The van der Waals surface area contributed by atoms with E-state index in [4.69, 9.17) is 4.74 Å². The van der Waals surface area contributed by atoms with Gasteiger partial charge in [0.15, 0.2) is 15.8 Å². The predicted molar refractivity (Wildman–Crippen MR) is 122 cm³/mol. The monoisotopic (exact) mass is 509 g/mol. The van der Waals surface area contributed by atoms with Gasteiger partial charge < -0.3 is 15.4 Å². The van der Waals surface area contributed by atoms with Gasteiger partial charge in [0.25, 0.3) is 0 Å². The first-order valence-electron chi connectivity index (χ1n) is 9.30. The minimum Gasteiger partial charge on any atom is -0.497 e. The molecule has 154 valence electrons. The van der Waals surface area contributed by atoms with E-state index < -0.39 is 9.84 Å². The van der Waals surface area contributed by atoms with Crippen LogP contribution in [0.25, 0.3) is 0 Å². The molecule has 1 aromatic carbocycles. The van der Waals surface area contributed by atoms with Gasteiger partial charge in [0, 0.05) is 19.6 Å². The van der Waals surface area contributed by atoms with Crippen LogP contribution in [0, 0.1) is 5.92 Å². The summed E-state index contributed by atoms with van der Waals surface area (Å²) in [6, 6.07) is 8.17. The Morgan fingerprint density at radius 1 is 1.30 bits per heavy atom. The number of hydrogen-bond acceptors (Lipinski definition) is 4. The van der Waals surface area contributed by atoms with Crippen molar-refractivity contribution in [2.45, 2.75) is 32.6 Å². The van der Waals surface area contributed by atoms with Gasteiger partial charge in [0.05, 0.1) is 18.6 Å². The maximum atomic E-state index is 11.5. The molecule has 0 bridgehead atoms. The number of halogens is 1. The minimum absolute atomic E-state index is 0. The summed E-state index contributed by atoms with van der Waals surface area (Å²) in [4.78, 5) is 4.57. The Bertz CT molecular complexity index is 693. The fourth-order valence-electron chi connectivity index (χ4n) is 3.08. The van der Waals surface area contributed by atoms with Crippen LogP contribution in [0.2, 0.25) is 0 Å². The van der Waals surface area contributed by atoms with Crippen molar-refractivity contribution < 1.29 is 13.2 Å². The van der Waals surface area contributed by atoms with Crippen LogP contribution in [0.1, 0.15) is 38.2 Å². The van der Waals surface area contributed by atoms with Crippen molar-refractivity contribution in [3.63, 3.8) is 0 Å². The van der Waals surface area contributed by atoms with Gasteiger partial charge >= 0.3 is 0 Å². The van der Waals surface area contributed by atoms with Gasteiger partial charge in [-0.3, -0.25) is 4.99 Å². The average molecular weight is 509 g/mol. The summed E-state index contributed by atoms with van der Waals surface area (Å²) < 4.78 is 28.3. The maximum absolute atomic E-state index is 11.5. The van der Waals surface area contributed by atoms with Gasteiger partial charge in [-0.1, -0.05) is 19.1 Å². The molecule has 8 heteroatoms. The molecule has 0 amide bonds. The van der Waals surface area contributed by atoms with E-state index >= 15 is 0 Å². The van der Waals surface area contributed by atoms with Crippen LogP contribution in [-0.2, 0) is 9.84 Å². The molecule has 1 saturated heterocycles. The average Bonchev–Trinajstić information content (AvgIpc) is 2.98. The van der Waals surface area contributed by atoms with Crippen LogP contribution in [0.5, 0.6) is 5.75 Å². The Morgan fingerprint density at radius 3 is 2.56 bits per heavy atom. The Labute approximate surface area is 180 Å². The van der Waals surface area contributed by atoms with Crippen LogP contribution in [-0.4, -0.2) is 52.6 Å². The summed E-state index contributed by atoms with van der Waals surface area (Å²) >= 11 is 0. The molecule has 2 unspecified atom stereocenters. The molecule has 2 atom stereocenters. The van der Waals surface area contributed by atoms with Crippen LogP contribution in [0.15, 0.2) is 29.3 Å². The number of guanidine groups is 1. The number of rotatable bonds is 8. The van der Waals surface area contributed by atoms with Crippen molar-refractivity contribution in [1.29, 1.82) is 0 Å². The highest BCUT2D eigenvalue weighted by atomic mass is 127. The van der Waals surface area contributed by atoms with Crippen LogP contribution in [0.4, 0.5) is 0 Å². The summed E-state index contributed by atoms with van der Waals surface area (Å²) in [6.45, 7) is 6.38. The number of ether oxygens (including phenoxy) is 1. The second-order valence-corrected chi connectivity index (χ2v) is 9.11. The van der Waals surface area contributed by atoms with Crippen molar-refractivity contribution in [3.05, 3.63) is 29.8 Å². The SMILES string of the molecule is CCNC(=NCC1CCS(=O)(=O)C1)NCCC(C)c1ccc(OC)cc1.I. The molecule has 0 radical (unpaired) electrons. The molecule has 0 aliphatic carbocycles. The number of sulfone groups is 1. The summed E-state index contributed by atoms with van der Waals surface area (Å²) in [5.41, 5.74) is 1.28. The lowest BCUT2D eigenvalue weighted by molar-refractivity contribution is 0.414. The molecule has 0 saturated carbocycles. The van der Waals surface area contributed by atoms with E-state index in [1.807, 2.05) is 19.1 Å². The Balaban J connectivity index is 0.00000364. The van der Waals surface area contributed by atoms with Crippen molar-refractivity contribution in [1.82, 2.24) is 10.6 Å². The molecule has 1 fully saturated rings. The zero-order valence-corrected chi connectivity index (χ0v) is 19.5. The molecule has 6 nitrogen and oxygen atoms in total. The van der Waals surface area contributed by atoms with E-state index in [2.05, 4.69) is 34.7 Å². The highest BCUT2D eigenvalue weighted by molar-refractivity contribution is 14.0. The van der Waals surface area contributed by atoms with Gasteiger partial charge in [-0.25, -0.2) is 8.42 Å². The maximum Gasteiger partial charge on any atom is 0.191 e. The molecule has 1 aliphatic heterocycles. The smallest absolute Gasteiger partial charge is 0.191 e. The first-order chi connectivity index (χ1) is 12.4. The van der Waals surface area contributed by atoms with Crippen molar-refractivity contribution in [3.8, 4) is 5.75 Å². The van der Waals surface area contributed by atoms with E-state index in [-0.39, 0.29) is 35.6 Å². The normalized spacial score (nSPS) is 19.8. The molecule has 2 rings (SSSR count). The molecule has 1 aliphatic rings. The van der Waals surface area contributed by atoms with Gasteiger partial charge in [-0.15, -0.1) is 24.0 Å². The molecular weight excluding hydrogens is 477 g/mol. The predicted octanol–water partition coefficient (Wildman–Crippen LogP) is 2.80. The van der Waals surface area contributed by atoms with Crippen LogP contribution in [0.3, 0.4) is 0 Å². The van der Waals surface area contributed by atoms with Gasteiger partial charge in [-0.2, -0.15) is 0 Å². The molecule has 0 spiro atoms.